The average Bonchev–Trinajstić information content (AvgIpc) is 1.50. The van der Waals surface area contributed by atoms with Crippen LogP contribution in [0, 0.1) is 0 Å². The first-order chi connectivity index (χ1) is 2.00. The summed E-state index contributed by atoms with van der Waals surface area (Å²) in [7, 11) is 4.21. The van der Waals surface area contributed by atoms with Crippen LogP contribution < -0.4 is 0 Å². The van der Waals surface area contributed by atoms with E-state index in [4.69, 9.17) is 0 Å². The summed E-state index contributed by atoms with van der Waals surface area (Å²) in [5.74, 6) is 0. The first-order valence-corrected chi connectivity index (χ1v) is 5.50. The monoisotopic (exact) mass is 126 g/mol. The van der Waals surface area contributed by atoms with Crippen molar-refractivity contribution in [1.82, 2.24) is 0 Å². The maximum absolute atomic E-state index is 4.21. The second-order valence-corrected chi connectivity index (χ2v) is 0. The molecular weight excluding hydrogens is 121 g/mol. The number of rotatable bonds is 0. The zero-order valence-electron chi connectivity index (χ0n) is 3.12. The molecule has 0 N–H and O–H groups in total. The third-order valence-electron chi connectivity index (χ3n) is 0. The Morgan fingerprint density at radius 1 is 1.25 bits per heavy atom. The van der Waals surface area contributed by atoms with Crippen molar-refractivity contribution in [3.8, 4) is 0 Å². The van der Waals surface area contributed by atoms with Crippen LogP contribution in [-0.2, 0) is 16.6 Å². The summed E-state index contributed by atoms with van der Waals surface area (Å²) >= 11 is 0.958. The van der Waals surface area contributed by atoms with Crippen molar-refractivity contribution < 1.29 is 16.6 Å². The Kier molecular flexibility index (Phi) is 96.6. The van der Waals surface area contributed by atoms with E-state index in [0.29, 0.717) is 0 Å². The van der Waals surface area contributed by atoms with Crippen LogP contribution in [0.15, 0.2) is 0 Å². The van der Waals surface area contributed by atoms with Crippen LogP contribution in [0.1, 0.15) is 13.8 Å². The van der Waals surface area contributed by atoms with Crippen molar-refractivity contribution in [3.05, 3.63) is 0 Å². The Bertz CT molecular complexity index is 6.00. The topological polar surface area (TPSA) is 0 Å². The molecule has 0 radical (unpaired) electrons. The Balaban J connectivity index is 0. The molecule has 22 valence electrons. The van der Waals surface area contributed by atoms with Crippen molar-refractivity contribution >= 4 is 10.1 Å². The predicted octanol–water partition coefficient (Wildman–Crippen LogP) is 1.67. The molecule has 0 aromatic carbocycles. The molecular formula is C2H6SZn. The molecule has 0 spiro atoms. The van der Waals surface area contributed by atoms with E-state index in [2.05, 4.69) is 10.1 Å². The molecule has 0 aliphatic heterocycles. The summed E-state index contributed by atoms with van der Waals surface area (Å²) in [5, 5.41) is 0. The summed E-state index contributed by atoms with van der Waals surface area (Å²) in [6.07, 6.45) is 0. The average molecular weight is 128 g/mol. The van der Waals surface area contributed by atoms with Crippen LogP contribution in [0.4, 0.5) is 0 Å². The first-order valence-electron chi connectivity index (χ1n) is 1.29. The third-order valence-corrected chi connectivity index (χ3v) is 0. The Hall–Kier alpha value is 0.843. The van der Waals surface area contributed by atoms with E-state index in [1.165, 1.54) is 0 Å². The molecule has 0 aromatic rings. The van der Waals surface area contributed by atoms with Gasteiger partial charge in [0.05, 0.1) is 0 Å². The fourth-order valence-corrected chi connectivity index (χ4v) is 0. The predicted molar refractivity (Wildman–Crippen MR) is 18.9 cm³/mol. The van der Waals surface area contributed by atoms with E-state index in [1.54, 1.807) is 0 Å². The second kappa shape index (κ2) is 43.7. The molecule has 0 saturated carbocycles. The van der Waals surface area contributed by atoms with Crippen molar-refractivity contribution in [2.24, 2.45) is 0 Å². The summed E-state index contributed by atoms with van der Waals surface area (Å²) < 4.78 is 0. The fourth-order valence-electron chi connectivity index (χ4n) is 0. The van der Waals surface area contributed by atoms with Crippen LogP contribution in [0.25, 0.3) is 0 Å². The van der Waals surface area contributed by atoms with E-state index < -0.39 is 0 Å². The molecule has 0 aliphatic rings. The first kappa shape index (κ1) is 8.85. The fraction of sp³-hybridized carbons (Fsp3) is 1.00. The SMILES string of the molecule is CC.[S]=[Zn]. The molecule has 4 heavy (non-hydrogen) atoms. The van der Waals surface area contributed by atoms with Crippen LogP contribution >= 0.6 is 10.1 Å². The van der Waals surface area contributed by atoms with Gasteiger partial charge in [-0.1, -0.05) is 13.8 Å². The van der Waals surface area contributed by atoms with E-state index in [-0.39, 0.29) is 0 Å². The molecule has 0 nitrogen and oxygen atoms in total. The Morgan fingerprint density at radius 3 is 1.25 bits per heavy atom. The zero-order chi connectivity index (χ0) is 4.00. The summed E-state index contributed by atoms with van der Waals surface area (Å²) in [6.45, 7) is 4.00. The second-order valence-electron chi connectivity index (χ2n) is 0. The minimum absolute atomic E-state index is 0.958. The van der Waals surface area contributed by atoms with Gasteiger partial charge in [-0.15, -0.1) is 0 Å². The van der Waals surface area contributed by atoms with Gasteiger partial charge in [-0.25, -0.2) is 0 Å². The van der Waals surface area contributed by atoms with Gasteiger partial charge in [0.15, 0.2) is 0 Å². The van der Waals surface area contributed by atoms with Crippen molar-refractivity contribution in [2.45, 2.75) is 13.8 Å². The van der Waals surface area contributed by atoms with Crippen LogP contribution in [-0.4, -0.2) is 0 Å². The van der Waals surface area contributed by atoms with Gasteiger partial charge >= 0.3 is 26.7 Å². The summed E-state index contributed by atoms with van der Waals surface area (Å²) in [4.78, 5) is 0. The van der Waals surface area contributed by atoms with Gasteiger partial charge in [0.1, 0.15) is 0 Å². The molecule has 0 atom stereocenters. The van der Waals surface area contributed by atoms with Gasteiger partial charge in [0.2, 0.25) is 0 Å². The van der Waals surface area contributed by atoms with E-state index in [9.17, 15) is 0 Å². The van der Waals surface area contributed by atoms with Gasteiger partial charge in [0, 0.05) is 0 Å². The number of hydrogen-bond acceptors (Lipinski definition) is 1. The standard InChI is InChI=1S/C2H6.S.Zn/c1-2;;/h1-2H3;;. The Morgan fingerprint density at radius 2 is 1.25 bits per heavy atom. The van der Waals surface area contributed by atoms with Crippen LogP contribution in [0.3, 0.4) is 0 Å². The van der Waals surface area contributed by atoms with Crippen molar-refractivity contribution in [1.29, 1.82) is 0 Å². The molecule has 2 heteroatoms. The van der Waals surface area contributed by atoms with Gasteiger partial charge in [-0.3, -0.25) is 0 Å². The van der Waals surface area contributed by atoms with Gasteiger partial charge < -0.3 is 0 Å². The van der Waals surface area contributed by atoms with Gasteiger partial charge in [-0.05, 0) is 0 Å². The van der Waals surface area contributed by atoms with Gasteiger partial charge in [0.25, 0.3) is 0 Å². The molecule has 0 aromatic heterocycles. The van der Waals surface area contributed by atoms with Gasteiger partial charge in [-0.2, -0.15) is 0 Å². The summed E-state index contributed by atoms with van der Waals surface area (Å²) in [6, 6.07) is 0. The third kappa shape index (κ3) is 13.6. The van der Waals surface area contributed by atoms with Crippen molar-refractivity contribution in [2.75, 3.05) is 0 Å². The molecule has 0 saturated heterocycles. The molecule has 0 amide bonds. The summed E-state index contributed by atoms with van der Waals surface area (Å²) in [5.41, 5.74) is 0. The minimum atomic E-state index is 0.958. The van der Waals surface area contributed by atoms with Crippen molar-refractivity contribution in [3.63, 3.8) is 0 Å². The van der Waals surface area contributed by atoms with Crippen LogP contribution in [0.2, 0.25) is 0 Å². The molecule has 0 bridgehead atoms. The van der Waals surface area contributed by atoms with E-state index in [1.807, 2.05) is 13.8 Å². The van der Waals surface area contributed by atoms with E-state index in [0.717, 1.165) is 16.6 Å². The van der Waals surface area contributed by atoms with Crippen LogP contribution in [0.5, 0.6) is 0 Å². The molecule has 0 rings (SSSR count). The molecule has 0 aliphatic carbocycles. The quantitative estimate of drug-likeness (QED) is 0.446. The normalized spacial score (nSPS) is 3.00. The molecule has 0 fully saturated rings. The Labute approximate surface area is 40.9 Å². The zero-order valence-corrected chi connectivity index (χ0v) is 6.90. The molecule has 0 unspecified atom stereocenters. The molecule has 0 heterocycles. The number of hydrogen-bond donors (Lipinski definition) is 0. The van der Waals surface area contributed by atoms with E-state index >= 15 is 0 Å². The maximum atomic E-state index is 4.21.